The molecular weight excluding hydrogens is 290 g/mol. The predicted molar refractivity (Wildman–Crippen MR) is 77.7 cm³/mol. The van der Waals surface area contributed by atoms with Gasteiger partial charge in [-0.25, -0.2) is 0 Å². The standard InChI is InChI=1S/C14H17N3O3S/c1-10-4-2-6-17(8-10)12(18)9-21-14-16-15-13(20-14)11-5-3-7-19-11/h3,5,7,10H,2,4,6,8-9H2,1H3/t10-/m0/s1. The van der Waals surface area contributed by atoms with Crippen molar-refractivity contribution in [1.82, 2.24) is 15.1 Å². The van der Waals surface area contributed by atoms with Crippen molar-refractivity contribution in [2.24, 2.45) is 5.92 Å². The summed E-state index contributed by atoms with van der Waals surface area (Å²) in [6, 6.07) is 3.51. The summed E-state index contributed by atoms with van der Waals surface area (Å²) in [6.45, 7) is 3.88. The zero-order valence-corrected chi connectivity index (χ0v) is 12.6. The maximum Gasteiger partial charge on any atom is 0.284 e. The second-order valence-electron chi connectivity index (χ2n) is 5.23. The fraction of sp³-hybridized carbons (Fsp3) is 0.500. The lowest BCUT2D eigenvalue weighted by atomic mass is 10.0. The van der Waals surface area contributed by atoms with E-state index in [4.69, 9.17) is 8.83 Å². The first-order chi connectivity index (χ1) is 10.2. The SMILES string of the molecule is C[C@H]1CCCN(C(=O)CSc2nnc(-c3ccco3)o2)C1. The molecule has 0 N–H and O–H groups in total. The number of carbonyl (C=O) groups excluding carboxylic acids is 1. The van der Waals surface area contributed by atoms with Crippen molar-refractivity contribution in [2.75, 3.05) is 18.8 Å². The number of likely N-dealkylation sites (tertiary alicyclic amines) is 1. The number of amides is 1. The summed E-state index contributed by atoms with van der Waals surface area (Å²) in [5, 5.41) is 8.21. The number of thioether (sulfide) groups is 1. The molecule has 0 aromatic carbocycles. The van der Waals surface area contributed by atoms with Gasteiger partial charge in [0.25, 0.3) is 11.1 Å². The van der Waals surface area contributed by atoms with Crippen molar-refractivity contribution in [3.8, 4) is 11.7 Å². The van der Waals surface area contributed by atoms with E-state index in [1.165, 1.54) is 18.2 Å². The molecular formula is C14H17N3O3S. The number of aromatic nitrogens is 2. The normalized spacial score (nSPS) is 18.9. The number of rotatable bonds is 4. The van der Waals surface area contributed by atoms with Gasteiger partial charge in [-0.3, -0.25) is 4.79 Å². The van der Waals surface area contributed by atoms with E-state index in [1.54, 1.807) is 18.4 Å². The van der Waals surface area contributed by atoms with Crippen LogP contribution in [0, 0.1) is 5.92 Å². The highest BCUT2D eigenvalue weighted by Crippen LogP contribution is 2.24. The van der Waals surface area contributed by atoms with Crippen molar-refractivity contribution in [1.29, 1.82) is 0 Å². The van der Waals surface area contributed by atoms with Crippen LogP contribution in [0.3, 0.4) is 0 Å². The van der Waals surface area contributed by atoms with Crippen LogP contribution in [0.2, 0.25) is 0 Å². The van der Waals surface area contributed by atoms with Gasteiger partial charge in [0.05, 0.1) is 12.0 Å². The smallest absolute Gasteiger partial charge is 0.284 e. The Hall–Kier alpha value is -1.76. The molecule has 112 valence electrons. The van der Waals surface area contributed by atoms with Gasteiger partial charge >= 0.3 is 0 Å². The van der Waals surface area contributed by atoms with Crippen LogP contribution in [0.5, 0.6) is 0 Å². The second kappa shape index (κ2) is 6.34. The van der Waals surface area contributed by atoms with Crippen LogP contribution in [0.25, 0.3) is 11.7 Å². The lowest BCUT2D eigenvalue weighted by Gasteiger charge is -2.30. The van der Waals surface area contributed by atoms with Crippen molar-refractivity contribution in [3.63, 3.8) is 0 Å². The maximum absolute atomic E-state index is 12.1. The van der Waals surface area contributed by atoms with Gasteiger partial charge in [0.2, 0.25) is 5.91 Å². The monoisotopic (exact) mass is 307 g/mol. The summed E-state index contributed by atoms with van der Waals surface area (Å²) >= 11 is 1.27. The van der Waals surface area contributed by atoms with Gasteiger partial charge in [0.15, 0.2) is 5.76 Å². The Labute approximate surface area is 126 Å². The Morgan fingerprint density at radius 1 is 1.52 bits per heavy atom. The molecule has 6 nitrogen and oxygen atoms in total. The van der Waals surface area contributed by atoms with E-state index in [0.717, 1.165) is 19.5 Å². The van der Waals surface area contributed by atoms with E-state index in [2.05, 4.69) is 17.1 Å². The minimum atomic E-state index is 0.129. The lowest BCUT2D eigenvalue weighted by Crippen LogP contribution is -2.40. The fourth-order valence-electron chi connectivity index (χ4n) is 2.40. The number of piperidine rings is 1. The first-order valence-corrected chi connectivity index (χ1v) is 7.99. The predicted octanol–water partition coefficient (Wildman–Crippen LogP) is 2.68. The number of carbonyl (C=O) groups is 1. The Morgan fingerprint density at radius 3 is 3.19 bits per heavy atom. The molecule has 1 aliphatic rings. The van der Waals surface area contributed by atoms with Gasteiger partial charge in [-0.15, -0.1) is 10.2 Å². The lowest BCUT2D eigenvalue weighted by molar-refractivity contribution is -0.130. The van der Waals surface area contributed by atoms with Crippen LogP contribution < -0.4 is 0 Å². The van der Waals surface area contributed by atoms with Gasteiger partial charge in [-0.1, -0.05) is 18.7 Å². The number of hydrogen-bond acceptors (Lipinski definition) is 6. The number of furan rings is 1. The van der Waals surface area contributed by atoms with Crippen LogP contribution in [0.15, 0.2) is 32.5 Å². The molecule has 0 aliphatic carbocycles. The summed E-state index contributed by atoms with van der Waals surface area (Å²) in [6.07, 6.45) is 3.83. The van der Waals surface area contributed by atoms with Crippen LogP contribution in [-0.2, 0) is 4.79 Å². The van der Waals surface area contributed by atoms with Crippen molar-refractivity contribution < 1.29 is 13.6 Å². The summed E-state index contributed by atoms with van der Waals surface area (Å²) in [7, 11) is 0. The zero-order chi connectivity index (χ0) is 14.7. The molecule has 1 aliphatic heterocycles. The second-order valence-corrected chi connectivity index (χ2v) is 6.15. The molecule has 7 heteroatoms. The van der Waals surface area contributed by atoms with Crippen molar-refractivity contribution >= 4 is 17.7 Å². The molecule has 1 atom stereocenters. The third-order valence-corrected chi connectivity index (χ3v) is 4.27. The zero-order valence-electron chi connectivity index (χ0n) is 11.8. The number of nitrogens with zero attached hydrogens (tertiary/aromatic N) is 3. The Bertz CT molecular complexity index is 596. The van der Waals surface area contributed by atoms with Gasteiger partial charge in [-0.2, -0.15) is 0 Å². The number of hydrogen-bond donors (Lipinski definition) is 0. The fourth-order valence-corrected chi connectivity index (χ4v) is 3.06. The topological polar surface area (TPSA) is 72.4 Å². The summed E-state index contributed by atoms with van der Waals surface area (Å²) in [5.74, 6) is 1.91. The molecule has 0 saturated carbocycles. The highest BCUT2D eigenvalue weighted by Gasteiger charge is 2.21. The molecule has 3 rings (SSSR count). The molecule has 1 fully saturated rings. The van der Waals surface area contributed by atoms with E-state index >= 15 is 0 Å². The molecule has 0 unspecified atom stereocenters. The third kappa shape index (κ3) is 3.47. The molecule has 0 radical (unpaired) electrons. The van der Waals surface area contributed by atoms with Gasteiger partial charge in [-0.05, 0) is 30.9 Å². The summed E-state index contributed by atoms with van der Waals surface area (Å²) in [4.78, 5) is 14.1. The van der Waals surface area contributed by atoms with Gasteiger partial charge < -0.3 is 13.7 Å². The minimum Gasteiger partial charge on any atom is -0.459 e. The van der Waals surface area contributed by atoms with Gasteiger partial charge in [0.1, 0.15) is 0 Å². The van der Waals surface area contributed by atoms with Crippen molar-refractivity contribution in [2.45, 2.75) is 25.0 Å². The molecule has 0 spiro atoms. The van der Waals surface area contributed by atoms with E-state index < -0.39 is 0 Å². The largest absolute Gasteiger partial charge is 0.459 e. The molecule has 21 heavy (non-hydrogen) atoms. The van der Waals surface area contributed by atoms with Crippen LogP contribution in [0.1, 0.15) is 19.8 Å². The summed E-state index contributed by atoms with van der Waals surface area (Å²) < 4.78 is 10.6. The molecule has 0 bridgehead atoms. The Balaban J connectivity index is 1.54. The molecule has 3 heterocycles. The van der Waals surface area contributed by atoms with Crippen LogP contribution in [0.4, 0.5) is 0 Å². The maximum atomic E-state index is 12.1. The van der Waals surface area contributed by atoms with Crippen LogP contribution in [-0.4, -0.2) is 39.8 Å². The first kappa shape index (κ1) is 14.2. The van der Waals surface area contributed by atoms with E-state index in [9.17, 15) is 4.79 Å². The van der Waals surface area contributed by atoms with E-state index in [-0.39, 0.29) is 5.91 Å². The molecule has 2 aromatic heterocycles. The highest BCUT2D eigenvalue weighted by atomic mass is 32.2. The molecule has 2 aromatic rings. The third-order valence-electron chi connectivity index (χ3n) is 3.47. The van der Waals surface area contributed by atoms with Gasteiger partial charge in [0, 0.05) is 13.1 Å². The average Bonchev–Trinajstić information content (AvgIpc) is 3.15. The quantitative estimate of drug-likeness (QED) is 0.809. The van der Waals surface area contributed by atoms with E-state index in [0.29, 0.717) is 28.5 Å². The average molecular weight is 307 g/mol. The Morgan fingerprint density at radius 2 is 2.43 bits per heavy atom. The summed E-state index contributed by atoms with van der Waals surface area (Å²) in [5.41, 5.74) is 0. The van der Waals surface area contributed by atoms with E-state index in [1.807, 2.05) is 4.90 Å². The highest BCUT2D eigenvalue weighted by molar-refractivity contribution is 7.99. The molecule has 1 saturated heterocycles. The molecule has 1 amide bonds. The van der Waals surface area contributed by atoms with Crippen molar-refractivity contribution in [3.05, 3.63) is 18.4 Å². The van der Waals surface area contributed by atoms with Crippen LogP contribution >= 0.6 is 11.8 Å². The first-order valence-electron chi connectivity index (χ1n) is 7.00. The minimum absolute atomic E-state index is 0.129. The Kier molecular flexibility index (Phi) is 4.28.